The van der Waals surface area contributed by atoms with Crippen molar-refractivity contribution in [2.45, 2.75) is 12.0 Å². The van der Waals surface area contributed by atoms with Gasteiger partial charge in [-0.1, -0.05) is 18.2 Å². The highest BCUT2D eigenvalue weighted by Crippen LogP contribution is 2.42. The van der Waals surface area contributed by atoms with E-state index in [1.807, 2.05) is 30.3 Å². The summed E-state index contributed by atoms with van der Waals surface area (Å²) < 4.78 is 13.8. The van der Waals surface area contributed by atoms with Crippen LogP contribution in [-0.2, 0) is 17.4 Å². The minimum atomic E-state index is -0.461. The van der Waals surface area contributed by atoms with Gasteiger partial charge >= 0.3 is 0 Å². The molecular weight excluding hydrogens is 368 g/mol. The maximum Gasteiger partial charge on any atom is 0.255 e. The van der Waals surface area contributed by atoms with Gasteiger partial charge in [-0.3, -0.25) is 14.3 Å². The van der Waals surface area contributed by atoms with Crippen molar-refractivity contribution >= 4 is 5.95 Å². The number of rotatable bonds is 2. The third-order valence-corrected chi connectivity index (χ3v) is 5.70. The molecule has 1 fully saturated rings. The van der Waals surface area contributed by atoms with Gasteiger partial charge in [0.15, 0.2) is 0 Å². The zero-order valence-corrected chi connectivity index (χ0v) is 16.2. The van der Waals surface area contributed by atoms with E-state index in [1.165, 1.54) is 0 Å². The number of ether oxygens (including phenoxy) is 2. The summed E-state index contributed by atoms with van der Waals surface area (Å²) in [5.74, 6) is 1.52. The summed E-state index contributed by atoms with van der Waals surface area (Å²) in [5, 5.41) is 0. The zero-order chi connectivity index (χ0) is 19.8. The molecule has 1 atom stereocenters. The van der Waals surface area contributed by atoms with Crippen molar-refractivity contribution in [1.29, 1.82) is 0 Å². The standard InChI is InChI=1S/C22H22N4O3/c1-25-20(27)14-18(16-6-9-23-10-7-16)24-21(25)26-11-13-29-22(15-26)8-12-28-19-5-3-2-4-17(19)22/h2-7,9-10,14H,8,11-13,15H2,1H3. The number of pyridine rings is 1. The van der Waals surface area contributed by atoms with Crippen LogP contribution < -0.4 is 15.2 Å². The molecule has 0 bridgehead atoms. The molecule has 4 heterocycles. The molecule has 148 valence electrons. The molecule has 5 rings (SSSR count). The summed E-state index contributed by atoms with van der Waals surface area (Å²) in [6, 6.07) is 13.3. The lowest BCUT2D eigenvalue weighted by Gasteiger charge is -2.46. The highest BCUT2D eigenvalue weighted by atomic mass is 16.5. The Labute approximate surface area is 168 Å². The van der Waals surface area contributed by atoms with E-state index >= 15 is 0 Å². The fourth-order valence-corrected chi connectivity index (χ4v) is 4.18. The smallest absolute Gasteiger partial charge is 0.255 e. The van der Waals surface area contributed by atoms with Crippen LogP contribution in [0.1, 0.15) is 12.0 Å². The first-order valence-corrected chi connectivity index (χ1v) is 9.76. The topological polar surface area (TPSA) is 69.5 Å². The molecule has 0 radical (unpaired) electrons. The Hall–Kier alpha value is -3.19. The number of benzene rings is 1. The van der Waals surface area contributed by atoms with E-state index in [1.54, 1.807) is 30.1 Å². The second-order valence-electron chi connectivity index (χ2n) is 7.43. The molecule has 2 aliphatic heterocycles. The van der Waals surface area contributed by atoms with Gasteiger partial charge in [0.1, 0.15) is 11.4 Å². The Balaban J connectivity index is 1.56. The summed E-state index contributed by atoms with van der Waals surface area (Å²) in [4.78, 5) is 23.7. The van der Waals surface area contributed by atoms with Crippen LogP contribution in [-0.4, -0.2) is 40.8 Å². The van der Waals surface area contributed by atoms with Gasteiger partial charge in [-0.15, -0.1) is 0 Å². The lowest BCUT2D eigenvalue weighted by atomic mass is 9.86. The van der Waals surface area contributed by atoms with Crippen LogP contribution in [0.25, 0.3) is 11.3 Å². The Morgan fingerprint density at radius 1 is 1.10 bits per heavy atom. The monoisotopic (exact) mass is 390 g/mol. The van der Waals surface area contributed by atoms with Crippen LogP contribution in [0, 0.1) is 0 Å². The van der Waals surface area contributed by atoms with Crippen molar-refractivity contribution in [1.82, 2.24) is 14.5 Å². The van der Waals surface area contributed by atoms with Crippen LogP contribution in [0.3, 0.4) is 0 Å². The third kappa shape index (κ3) is 3.07. The maximum atomic E-state index is 12.7. The number of hydrogen-bond acceptors (Lipinski definition) is 6. The van der Waals surface area contributed by atoms with Crippen LogP contribution in [0.15, 0.2) is 59.7 Å². The Morgan fingerprint density at radius 3 is 2.79 bits per heavy atom. The molecule has 29 heavy (non-hydrogen) atoms. The summed E-state index contributed by atoms with van der Waals surface area (Å²) in [6.45, 7) is 2.45. The van der Waals surface area contributed by atoms with Crippen molar-refractivity contribution in [2.75, 3.05) is 31.2 Å². The zero-order valence-electron chi connectivity index (χ0n) is 16.2. The molecule has 1 saturated heterocycles. The van der Waals surface area contributed by atoms with E-state index in [4.69, 9.17) is 14.5 Å². The number of morpholine rings is 1. The Bertz CT molecular complexity index is 1100. The first-order valence-electron chi connectivity index (χ1n) is 9.76. The van der Waals surface area contributed by atoms with E-state index in [0.717, 1.165) is 23.3 Å². The molecule has 1 spiro atoms. The third-order valence-electron chi connectivity index (χ3n) is 5.70. The lowest BCUT2D eigenvalue weighted by Crippen LogP contribution is -2.53. The van der Waals surface area contributed by atoms with Gasteiger partial charge in [0.2, 0.25) is 5.95 Å². The summed E-state index contributed by atoms with van der Waals surface area (Å²) in [7, 11) is 1.76. The molecule has 3 aromatic rings. The fraction of sp³-hybridized carbons (Fsp3) is 0.318. The van der Waals surface area contributed by atoms with Gasteiger partial charge in [-0.2, -0.15) is 0 Å². The summed E-state index contributed by atoms with van der Waals surface area (Å²) >= 11 is 0. The van der Waals surface area contributed by atoms with Crippen molar-refractivity contribution in [3.05, 3.63) is 70.8 Å². The minimum absolute atomic E-state index is 0.0882. The predicted octanol–water partition coefficient (Wildman–Crippen LogP) is 2.36. The predicted molar refractivity (Wildman–Crippen MR) is 109 cm³/mol. The maximum absolute atomic E-state index is 12.7. The summed E-state index contributed by atoms with van der Waals surface area (Å²) in [6.07, 6.45) is 4.17. The average Bonchev–Trinajstić information content (AvgIpc) is 2.77. The van der Waals surface area contributed by atoms with Crippen molar-refractivity contribution in [3.63, 3.8) is 0 Å². The normalized spacial score (nSPS) is 20.9. The molecular formula is C22H22N4O3. The van der Waals surface area contributed by atoms with Gasteiger partial charge < -0.3 is 14.4 Å². The van der Waals surface area contributed by atoms with E-state index in [9.17, 15) is 4.79 Å². The molecule has 0 saturated carbocycles. The number of anilines is 1. The SMILES string of the molecule is Cn1c(N2CCOC3(CCOc4ccccc43)C2)nc(-c2ccncc2)cc1=O. The van der Waals surface area contributed by atoms with Crippen molar-refractivity contribution in [2.24, 2.45) is 7.05 Å². The Morgan fingerprint density at radius 2 is 1.93 bits per heavy atom. The first kappa shape index (κ1) is 17.9. The number of hydrogen-bond donors (Lipinski definition) is 0. The summed E-state index contributed by atoms with van der Waals surface area (Å²) in [5.41, 5.74) is 2.04. The lowest BCUT2D eigenvalue weighted by molar-refractivity contribution is -0.0836. The minimum Gasteiger partial charge on any atom is -0.493 e. The van der Waals surface area contributed by atoms with E-state index in [0.29, 0.717) is 37.9 Å². The van der Waals surface area contributed by atoms with Gasteiger partial charge in [-0.05, 0) is 18.2 Å². The molecule has 1 aromatic carbocycles. The van der Waals surface area contributed by atoms with E-state index in [2.05, 4.69) is 16.0 Å². The molecule has 7 heteroatoms. The second-order valence-corrected chi connectivity index (χ2v) is 7.43. The second kappa shape index (κ2) is 7.00. The molecule has 2 aromatic heterocycles. The number of aromatic nitrogens is 3. The molecule has 0 aliphatic carbocycles. The highest BCUT2D eigenvalue weighted by Gasteiger charge is 2.43. The van der Waals surface area contributed by atoms with Crippen LogP contribution in [0.2, 0.25) is 0 Å². The molecule has 7 nitrogen and oxygen atoms in total. The van der Waals surface area contributed by atoms with Gasteiger partial charge in [0, 0.05) is 49.6 Å². The quantitative estimate of drug-likeness (QED) is 0.669. The average molecular weight is 390 g/mol. The molecule has 0 N–H and O–H groups in total. The first-order chi connectivity index (χ1) is 14.2. The molecule has 2 aliphatic rings. The fourth-order valence-electron chi connectivity index (χ4n) is 4.18. The van der Waals surface area contributed by atoms with Crippen molar-refractivity contribution in [3.8, 4) is 17.0 Å². The van der Waals surface area contributed by atoms with Crippen molar-refractivity contribution < 1.29 is 9.47 Å². The number of nitrogens with zero attached hydrogens (tertiary/aromatic N) is 4. The Kier molecular flexibility index (Phi) is 4.32. The molecule has 1 unspecified atom stereocenters. The van der Waals surface area contributed by atoms with Gasteiger partial charge in [0.25, 0.3) is 5.56 Å². The van der Waals surface area contributed by atoms with Crippen LogP contribution in [0.5, 0.6) is 5.75 Å². The highest BCUT2D eigenvalue weighted by molar-refractivity contribution is 5.59. The molecule has 0 amide bonds. The van der Waals surface area contributed by atoms with E-state index < -0.39 is 5.60 Å². The van der Waals surface area contributed by atoms with Crippen LogP contribution in [0.4, 0.5) is 5.95 Å². The van der Waals surface area contributed by atoms with Gasteiger partial charge in [0.05, 0.1) is 25.5 Å². The van der Waals surface area contributed by atoms with Gasteiger partial charge in [-0.25, -0.2) is 4.98 Å². The van der Waals surface area contributed by atoms with Crippen LogP contribution >= 0.6 is 0 Å². The van der Waals surface area contributed by atoms with E-state index in [-0.39, 0.29) is 5.56 Å². The number of fused-ring (bicyclic) bond motifs is 2. The largest absolute Gasteiger partial charge is 0.493 e. The number of para-hydroxylation sites is 1.